The molecule has 0 unspecified atom stereocenters. The molecular formula is C24H35NO5. The van der Waals surface area contributed by atoms with Crippen LogP contribution in [0.25, 0.3) is 0 Å². The highest BCUT2D eigenvalue weighted by molar-refractivity contribution is 5.80. The molecule has 1 N–H and O–H groups in total. The van der Waals surface area contributed by atoms with Crippen molar-refractivity contribution in [1.82, 2.24) is 5.06 Å². The first-order valence-electron chi connectivity index (χ1n) is 11.2. The Bertz CT molecular complexity index is 722. The minimum Gasteiger partial charge on any atom is -0.465 e. The van der Waals surface area contributed by atoms with Gasteiger partial charge in [-0.1, -0.05) is 57.5 Å². The molecule has 6 heteroatoms. The molecule has 2 fully saturated rings. The van der Waals surface area contributed by atoms with E-state index in [1.165, 1.54) is 0 Å². The molecule has 0 amide bonds. The second-order valence-corrected chi connectivity index (χ2v) is 9.15. The Hall–Kier alpha value is -1.92. The summed E-state index contributed by atoms with van der Waals surface area (Å²) < 4.78 is 11.2. The van der Waals surface area contributed by atoms with E-state index in [1.54, 1.807) is 6.92 Å². The minimum absolute atomic E-state index is 0.119. The van der Waals surface area contributed by atoms with E-state index in [9.17, 15) is 14.8 Å². The van der Waals surface area contributed by atoms with Crippen LogP contribution in [-0.4, -0.2) is 41.0 Å². The standard InChI is InChI=1S/C24H35NO5/c1-5-29-24(27)20-14-19(22(25(20)28)17-9-7-6-8-10-17)23(26)30-21-13-16(4)11-12-18(21)15(2)3/h6-10,15-16,18-22,28H,5,11-14H2,1-4H3/t16-,18+,19+,20+,21-,22+/m1/s1. The van der Waals surface area contributed by atoms with Crippen molar-refractivity contribution < 1.29 is 24.3 Å². The predicted molar refractivity (Wildman–Crippen MR) is 113 cm³/mol. The zero-order valence-electron chi connectivity index (χ0n) is 18.5. The average Bonchev–Trinajstić information content (AvgIpc) is 3.06. The third-order valence-electron chi connectivity index (χ3n) is 6.69. The number of hydrogen-bond acceptors (Lipinski definition) is 6. The number of esters is 2. The van der Waals surface area contributed by atoms with E-state index < -0.39 is 24.0 Å². The molecule has 166 valence electrons. The molecular weight excluding hydrogens is 382 g/mol. The zero-order valence-corrected chi connectivity index (χ0v) is 18.5. The third kappa shape index (κ3) is 4.86. The van der Waals surface area contributed by atoms with Gasteiger partial charge in [-0.2, -0.15) is 5.06 Å². The third-order valence-corrected chi connectivity index (χ3v) is 6.69. The van der Waals surface area contributed by atoms with Crippen LogP contribution in [0.2, 0.25) is 0 Å². The SMILES string of the molecule is CCOC(=O)[C@@H]1C[C@H](C(=O)O[C@@H]2C[C@H](C)CC[C@H]2C(C)C)[C@H](c2ccccc2)N1O. The molecule has 30 heavy (non-hydrogen) atoms. The summed E-state index contributed by atoms with van der Waals surface area (Å²) in [5.41, 5.74) is 0.783. The van der Waals surface area contributed by atoms with E-state index in [0.717, 1.165) is 29.9 Å². The number of nitrogens with zero attached hydrogens (tertiary/aromatic N) is 1. The molecule has 6 nitrogen and oxygen atoms in total. The first-order chi connectivity index (χ1) is 14.3. The van der Waals surface area contributed by atoms with Gasteiger partial charge in [0.2, 0.25) is 0 Å². The van der Waals surface area contributed by atoms with Gasteiger partial charge in [-0.3, -0.25) is 9.59 Å². The van der Waals surface area contributed by atoms with E-state index in [0.29, 0.717) is 17.8 Å². The van der Waals surface area contributed by atoms with Crippen molar-refractivity contribution in [2.45, 2.75) is 71.6 Å². The van der Waals surface area contributed by atoms with Crippen LogP contribution < -0.4 is 0 Å². The Kier molecular flexibility index (Phi) is 7.53. The van der Waals surface area contributed by atoms with Crippen LogP contribution in [0.15, 0.2) is 30.3 Å². The van der Waals surface area contributed by atoms with E-state index in [1.807, 2.05) is 30.3 Å². The van der Waals surface area contributed by atoms with Gasteiger partial charge in [0.25, 0.3) is 0 Å². The number of benzene rings is 1. The van der Waals surface area contributed by atoms with Gasteiger partial charge in [-0.25, -0.2) is 0 Å². The molecule has 0 bridgehead atoms. The maximum atomic E-state index is 13.3. The summed E-state index contributed by atoms with van der Waals surface area (Å²) >= 11 is 0. The lowest BCUT2D eigenvalue weighted by Crippen LogP contribution is -2.38. The van der Waals surface area contributed by atoms with E-state index in [2.05, 4.69) is 20.8 Å². The van der Waals surface area contributed by atoms with E-state index in [4.69, 9.17) is 9.47 Å². The number of ether oxygens (including phenoxy) is 2. The minimum atomic E-state index is -0.876. The van der Waals surface area contributed by atoms with Crippen molar-refractivity contribution >= 4 is 11.9 Å². The van der Waals surface area contributed by atoms with Crippen molar-refractivity contribution in [2.24, 2.45) is 23.7 Å². The molecule has 1 heterocycles. The average molecular weight is 418 g/mol. The quantitative estimate of drug-likeness (QED) is 0.693. The Morgan fingerprint density at radius 1 is 1.13 bits per heavy atom. The highest BCUT2D eigenvalue weighted by Gasteiger charge is 2.50. The topological polar surface area (TPSA) is 76.1 Å². The van der Waals surface area contributed by atoms with Gasteiger partial charge in [0.1, 0.15) is 12.1 Å². The molecule has 1 saturated heterocycles. The first kappa shape index (κ1) is 22.8. The van der Waals surface area contributed by atoms with Gasteiger partial charge in [-0.05, 0) is 49.5 Å². The molecule has 0 aromatic heterocycles. The Balaban J connectivity index is 1.83. The number of carbonyl (C=O) groups is 2. The summed E-state index contributed by atoms with van der Waals surface area (Å²) in [7, 11) is 0. The monoisotopic (exact) mass is 417 g/mol. The summed E-state index contributed by atoms with van der Waals surface area (Å²) in [5.74, 6) is -0.176. The summed E-state index contributed by atoms with van der Waals surface area (Å²) in [4.78, 5) is 25.7. The lowest BCUT2D eigenvalue weighted by molar-refractivity contribution is -0.181. The van der Waals surface area contributed by atoms with Crippen LogP contribution >= 0.6 is 0 Å². The van der Waals surface area contributed by atoms with Gasteiger partial charge in [0.15, 0.2) is 0 Å². The maximum absolute atomic E-state index is 13.3. The molecule has 1 saturated carbocycles. The van der Waals surface area contributed by atoms with Crippen molar-refractivity contribution in [3.8, 4) is 0 Å². The van der Waals surface area contributed by atoms with Crippen LogP contribution in [0.3, 0.4) is 0 Å². The summed E-state index contributed by atoms with van der Waals surface area (Å²) in [6.45, 7) is 8.51. The smallest absolute Gasteiger partial charge is 0.325 e. The largest absolute Gasteiger partial charge is 0.465 e. The molecule has 1 aliphatic carbocycles. The van der Waals surface area contributed by atoms with E-state index >= 15 is 0 Å². The number of rotatable bonds is 6. The maximum Gasteiger partial charge on any atom is 0.325 e. The lowest BCUT2D eigenvalue weighted by atomic mass is 9.75. The Labute approximate surface area is 179 Å². The molecule has 2 aliphatic rings. The van der Waals surface area contributed by atoms with Crippen molar-refractivity contribution in [3.63, 3.8) is 0 Å². The fourth-order valence-electron chi connectivity index (χ4n) is 5.05. The van der Waals surface area contributed by atoms with Crippen LogP contribution in [-0.2, 0) is 19.1 Å². The molecule has 6 atom stereocenters. The predicted octanol–water partition coefficient (Wildman–Crippen LogP) is 4.37. The molecule has 1 aromatic carbocycles. The van der Waals surface area contributed by atoms with Crippen LogP contribution in [0, 0.1) is 23.7 Å². The molecule has 1 aliphatic heterocycles. The number of carbonyl (C=O) groups excluding carboxylic acids is 2. The second-order valence-electron chi connectivity index (χ2n) is 9.15. The number of hydrogen-bond donors (Lipinski definition) is 1. The van der Waals surface area contributed by atoms with Crippen molar-refractivity contribution in [2.75, 3.05) is 6.61 Å². The van der Waals surface area contributed by atoms with Gasteiger partial charge < -0.3 is 14.7 Å². The summed E-state index contributed by atoms with van der Waals surface area (Å²) in [6, 6.07) is 7.82. The van der Waals surface area contributed by atoms with Gasteiger partial charge in [0.05, 0.1) is 18.6 Å². The Morgan fingerprint density at radius 3 is 2.47 bits per heavy atom. The highest BCUT2D eigenvalue weighted by atomic mass is 16.6. The first-order valence-corrected chi connectivity index (χ1v) is 11.2. The molecule has 3 rings (SSSR count). The molecule has 0 spiro atoms. The van der Waals surface area contributed by atoms with Crippen LogP contribution in [0.1, 0.15) is 65.0 Å². The van der Waals surface area contributed by atoms with Crippen molar-refractivity contribution in [1.29, 1.82) is 0 Å². The normalized spacial score (nSPS) is 32.2. The lowest BCUT2D eigenvalue weighted by Gasteiger charge is -2.37. The molecule has 1 aromatic rings. The summed E-state index contributed by atoms with van der Waals surface area (Å²) in [5, 5.41) is 11.8. The van der Waals surface area contributed by atoms with Gasteiger partial charge >= 0.3 is 11.9 Å². The fourth-order valence-corrected chi connectivity index (χ4v) is 5.05. The zero-order chi connectivity index (χ0) is 21.8. The van der Waals surface area contributed by atoms with Gasteiger partial charge in [0, 0.05) is 0 Å². The fraction of sp³-hybridized carbons (Fsp3) is 0.667. The highest BCUT2D eigenvalue weighted by Crippen LogP contribution is 2.42. The van der Waals surface area contributed by atoms with Crippen LogP contribution in [0.4, 0.5) is 0 Å². The summed E-state index contributed by atoms with van der Waals surface area (Å²) in [6.07, 6.45) is 3.14. The molecule has 0 radical (unpaired) electrons. The number of hydroxylamine groups is 2. The van der Waals surface area contributed by atoms with E-state index in [-0.39, 0.29) is 25.1 Å². The second kappa shape index (κ2) is 9.92. The van der Waals surface area contributed by atoms with Crippen LogP contribution in [0.5, 0.6) is 0 Å². The Morgan fingerprint density at radius 2 is 1.83 bits per heavy atom. The van der Waals surface area contributed by atoms with Crippen molar-refractivity contribution in [3.05, 3.63) is 35.9 Å². The van der Waals surface area contributed by atoms with Gasteiger partial charge in [-0.15, -0.1) is 0 Å².